The summed E-state index contributed by atoms with van der Waals surface area (Å²) >= 11 is 0. The number of Topliss-reactive ketones (excluding diaryl/α,β-unsaturated/α-hetero) is 1. The molecule has 2 aromatic rings. The molecule has 0 unspecified atom stereocenters. The number of nitrogens with zero attached hydrogens (tertiary/aromatic N) is 1. The van der Waals surface area contributed by atoms with Crippen LogP contribution in [0.25, 0.3) is 0 Å². The van der Waals surface area contributed by atoms with Crippen molar-refractivity contribution in [2.45, 2.75) is 76.4 Å². The topological polar surface area (TPSA) is 316 Å². The van der Waals surface area contributed by atoms with E-state index in [1.165, 1.54) is 44.0 Å². The number of ketones is 1. The van der Waals surface area contributed by atoms with Crippen molar-refractivity contribution in [3.8, 4) is 0 Å². The number of methoxy groups -OCH3 is 3. The molecule has 2 rings (SSSR count). The molecule has 566 valence electrons. The number of hydrogen-bond donors (Lipinski definition) is 4. The Hall–Kier alpha value is -8.14. The van der Waals surface area contributed by atoms with E-state index in [4.69, 9.17) is 19.7 Å². The summed E-state index contributed by atoms with van der Waals surface area (Å²) in [7, 11) is 3.15. The van der Waals surface area contributed by atoms with Crippen LogP contribution in [0.15, 0.2) is 102 Å². The fraction of sp³-hybridized carbons (Fsp3) is 0.528. The minimum atomic E-state index is -6.04. The number of esters is 3. The minimum absolute atomic E-state index is 0.0207. The first kappa shape index (κ1) is 101. The Bertz CT molecular complexity index is 2630. The van der Waals surface area contributed by atoms with Gasteiger partial charge in [-0.3, -0.25) is 14.3 Å². The predicted molar refractivity (Wildman–Crippen MR) is 290 cm³/mol. The third kappa shape index (κ3) is 49.4. The van der Waals surface area contributed by atoms with Crippen molar-refractivity contribution >= 4 is 42.0 Å². The normalized spacial score (nSPS) is 11.1. The van der Waals surface area contributed by atoms with Crippen LogP contribution < -0.4 is 10.6 Å². The van der Waals surface area contributed by atoms with Crippen LogP contribution in [0.4, 0.5) is 97.7 Å². The van der Waals surface area contributed by atoms with Crippen molar-refractivity contribution in [1.82, 2.24) is 10.6 Å². The molecule has 0 heterocycles. The monoisotopic (exact) mass is 1480 g/mol. The quantitative estimate of drug-likeness (QED) is 0.00594. The summed E-state index contributed by atoms with van der Waals surface area (Å²) in [4.78, 5) is 82.3. The van der Waals surface area contributed by atoms with Crippen LogP contribution in [0.5, 0.6) is 0 Å². The van der Waals surface area contributed by atoms with Crippen LogP contribution in [0.3, 0.4) is 0 Å². The Morgan fingerprint density at radius 3 is 1.21 bits per heavy atom. The van der Waals surface area contributed by atoms with Crippen LogP contribution in [0, 0.1) is 0 Å². The highest BCUT2D eigenvalue weighted by Crippen LogP contribution is 2.42. The second-order valence-electron chi connectivity index (χ2n) is 16.5. The van der Waals surface area contributed by atoms with E-state index >= 15 is 0 Å². The number of benzene rings is 2. The summed E-state index contributed by atoms with van der Waals surface area (Å²) in [6.07, 6.45) is -34.5. The molecule has 0 spiro atoms. The maximum atomic E-state index is 12.7. The Morgan fingerprint density at radius 2 is 0.898 bits per heavy atom. The molecule has 2 aromatic carbocycles. The number of isocyanates is 1. The molecule has 0 atom stereocenters. The SMILES string of the molecule is C=C(C)C(=O)OCCN=C=O.C=C(C)C(=O)OCCNC(=O)OCC(C)(F)F.C=C(C)C(=O)OCCNC(=O)OCCF.COC(F)(F)OC(F)(F)C(F)(F)OF.COC(OC)(C(=O)c1ccccc1)c1ccccc1.FCOC(F)(F)OC(F)(F)C(F)(F)OF.OCCF.OCF. The van der Waals surface area contributed by atoms with Crippen LogP contribution in [0.2, 0.25) is 0 Å². The Balaban J connectivity index is -0.000000255. The van der Waals surface area contributed by atoms with Gasteiger partial charge < -0.3 is 54.0 Å². The van der Waals surface area contributed by atoms with Gasteiger partial charge in [0.15, 0.2) is 20.3 Å². The number of alkyl halides is 18. The number of amides is 2. The number of hydrogen-bond acceptors (Lipinski definition) is 23. The zero-order valence-electron chi connectivity index (χ0n) is 52.2. The van der Waals surface area contributed by atoms with Gasteiger partial charge in [0, 0.05) is 56.1 Å². The zero-order chi connectivity index (χ0) is 77.6. The third-order valence-electron chi connectivity index (χ3n) is 8.50. The van der Waals surface area contributed by atoms with E-state index in [-0.39, 0.29) is 76.7 Å². The molecule has 25 nitrogen and oxygen atoms in total. The summed E-state index contributed by atoms with van der Waals surface area (Å²) < 4.78 is 275. The van der Waals surface area contributed by atoms with E-state index in [9.17, 15) is 122 Å². The molecule has 0 aromatic heterocycles. The number of rotatable bonds is 33. The number of carbonyl (C=O) groups excluding carboxylic acids is 7. The first-order valence-corrected chi connectivity index (χ1v) is 25.6. The average molecular weight is 1480 g/mol. The first-order valence-electron chi connectivity index (χ1n) is 25.6. The number of carbonyl (C=O) groups is 6. The number of aliphatic hydroxyl groups is 2. The molecule has 0 bridgehead atoms. The third-order valence-corrected chi connectivity index (χ3v) is 8.50. The fourth-order valence-corrected chi connectivity index (χ4v) is 4.33. The Morgan fingerprint density at radius 1 is 0.531 bits per heavy atom. The molecule has 4 N–H and O–H groups in total. The van der Waals surface area contributed by atoms with Crippen LogP contribution in [0.1, 0.15) is 43.6 Å². The lowest BCUT2D eigenvalue weighted by molar-refractivity contribution is -0.548. The summed E-state index contributed by atoms with van der Waals surface area (Å²) in [5.74, 6) is -6.25. The summed E-state index contributed by atoms with van der Waals surface area (Å²) in [5, 5.41) is 18.8. The molecule has 0 aliphatic carbocycles. The number of alkyl carbamates (subject to hydrolysis) is 2. The summed E-state index contributed by atoms with van der Waals surface area (Å²) in [5.41, 5.74) is 2.08. The maximum Gasteiger partial charge on any atom is 0.492 e. The molecular weight excluding hydrogens is 1410 g/mol. The number of nitrogens with one attached hydrogen (secondary N) is 2. The van der Waals surface area contributed by atoms with Crippen molar-refractivity contribution in [3.05, 3.63) is 108 Å². The van der Waals surface area contributed by atoms with Crippen molar-refractivity contribution in [1.29, 1.82) is 0 Å². The molecule has 0 radical (unpaired) electrons. The first-order chi connectivity index (χ1) is 45.2. The predicted octanol–water partition coefficient (Wildman–Crippen LogP) is 10.5. The van der Waals surface area contributed by atoms with Crippen molar-refractivity contribution in [2.75, 3.05) is 108 Å². The standard InChI is InChI=1S/C16H16O3.C10H15F2NO4.C9H14FNO4.C7H9NO3.C4H2F8O3.C4H3F7O3.C2H5FO.CH3FO/c1-18-16(19-2,14-11-7-4-8-12-14)15(17)13-9-5-3-6-10-13;1-7(2)8(14)16-5-4-13-9(15)17-6-10(3,11)12;1-7(2)8(12)14-6-4-11-9(13)15-5-3-10;1-6(2)7(10)11-4-3-8-5-9;5-1-13-4(10,11)14-2(6,7)3(8,9)15-12;1-12-4(9,10)13-2(5,6)3(7,8)14-11;3-1-2-4;2-1-3/h3-12H,1-2H3;1,4-6H2,2-3H3,(H,13,15);1,3-6H2,2H3,(H,11,13);1,3-4H2,2H3;1H2;1H3;4H,1-2H2;3H,1H2. The van der Waals surface area contributed by atoms with E-state index in [2.05, 4.69) is 78.0 Å². The molecule has 0 saturated heterocycles. The van der Waals surface area contributed by atoms with E-state index in [0.717, 1.165) is 0 Å². The molecule has 0 aliphatic rings. The molecule has 98 heavy (non-hydrogen) atoms. The van der Waals surface area contributed by atoms with Crippen molar-refractivity contribution in [2.24, 2.45) is 4.99 Å². The second kappa shape index (κ2) is 53.9. The van der Waals surface area contributed by atoms with Gasteiger partial charge in [0.05, 0.1) is 26.2 Å². The Kier molecular flexibility index (Phi) is 55.4. The highest BCUT2D eigenvalue weighted by Gasteiger charge is 2.67. The lowest BCUT2D eigenvalue weighted by Crippen LogP contribution is -2.48. The molecular formula is C53H67F20N3O22. The van der Waals surface area contributed by atoms with Crippen LogP contribution in [-0.2, 0) is 87.0 Å². The van der Waals surface area contributed by atoms with Gasteiger partial charge in [-0.15, -0.1) is 27.4 Å². The molecule has 0 aliphatic heterocycles. The Labute approximate surface area is 543 Å². The lowest BCUT2D eigenvalue weighted by atomic mass is 9.96. The molecule has 0 saturated carbocycles. The summed E-state index contributed by atoms with van der Waals surface area (Å²) in [6, 6.07) is 18.2. The van der Waals surface area contributed by atoms with Gasteiger partial charge in [0.25, 0.3) is 11.7 Å². The van der Waals surface area contributed by atoms with Gasteiger partial charge in [0.1, 0.15) is 39.8 Å². The number of ether oxygens (including phenoxy) is 11. The highest BCUT2D eigenvalue weighted by atomic mass is 19.4. The number of aliphatic imine (C=N–C) groups is 1. The van der Waals surface area contributed by atoms with Crippen molar-refractivity contribution in [3.63, 3.8) is 0 Å². The van der Waals surface area contributed by atoms with Gasteiger partial charge in [-0.05, 0) is 29.8 Å². The van der Waals surface area contributed by atoms with Gasteiger partial charge in [-0.2, -0.15) is 35.1 Å². The van der Waals surface area contributed by atoms with E-state index < -0.39 is 113 Å². The van der Waals surface area contributed by atoms with Gasteiger partial charge in [-0.25, -0.2) is 69.6 Å². The minimum Gasteiger partial charge on any atom is -0.460 e. The van der Waals surface area contributed by atoms with E-state index in [0.29, 0.717) is 23.6 Å². The molecule has 45 heteroatoms. The lowest BCUT2D eigenvalue weighted by Gasteiger charge is -2.29. The molecule has 0 fully saturated rings. The fourth-order valence-electron chi connectivity index (χ4n) is 4.33. The van der Waals surface area contributed by atoms with Gasteiger partial charge >= 0.3 is 67.1 Å². The smallest absolute Gasteiger partial charge is 0.460 e. The second-order valence-corrected chi connectivity index (χ2v) is 16.5. The van der Waals surface area contributed by atoms with Gasteiger partial charge in [-0.1, -0.05) is 80.4 Å². The maximum absolute atomic E-state index is 12.7. The molecule has 2 amide bonds. The number of halogens is 20. The van der Waals surface area contributed by atoms with Crippen molar-refractivity contribution < 1.29 is 194 Å². The van der Waals surface area contributed by atoms with Gasteiger partial charge in [0.2, 0.25) is 11.9 Å². The summed E-state index contributed by atoms with van der Waals surface area (Å²) in [6.45, 7) is 9.07. The van der Waals surface area contributed by atoms with E-state index in [1.807, 2.05) is 48.5 Å². The number of aliphatic hydroxyl groups excluding tert-OH is 2. The van der Waals surface area contributed by atoms with E-state index in [1.54, 1.807) is 19.1 Å². The zero-order valence-corrected chi connectivity index (χ0v) is 52.2. The largest absolute Gasteiger partial charge is 0.492 e. The highest BCUT2D eigenvalue weighted by molar-refractivity contribution is 6.02. The van der Waals surface area contributed by atoms with Crippen LogP contribution >= 0.6 is 0 Å². The average Bonchev–Trinajstić information content (AvgIpc) is 0.807. The van der Waals surface area contributed by atoms with Crippen LogP contribution in [-0.4, -0.2) is 203 Å².